The Morgan fingerprint density at radius 1 is 0.918 bits per heavy atom. The summed E-state index contributed by atoms with van der Waals surface area (Å²) < 4.78 is 14.8. The molecular formula is C55H57N9O8S. The Bertz CT molecular complexity index is 3270. The number of ether oxygens (including phenoxy) is 2. The van der Waals surface area contributed by atoms with Crippen molar-refractivity contribution in [3.63, 3.8) is 0 Å². The van der Waals surface area contributed by atoms with Gasteiger partial charge in [-0.1, -0.05) is 41.7 Å². The fraction of sp³-hybridized carbons (Fsp3) is 0.345. The molecule has 4 N–H and O–H groups in total. The minimum atomic E-state index is -1.13. The highest BCUT2D eigenvalue weighted by Crippen LogP contribution is 2.39. The Labute approximate surface area is 425 Å². The van der Waals surface area contributed by atoms with Crippen LogP contribution in [0.2, 0.25) is 0 Å². The Kier molecular flexibility index (Phi) is 13.9. The lowest BCUT2D eigenvalue weighted by molar-refractivity contribution is -0.134. The third-order valence-corrected chi connectivity index (χ3v) is 15.3. The van der Waals surface area contributed by atoms with E-state index in [2.05, 4.69) is 37.9 Å². The van der Waals surface area contributed by atoms with E-state index in [4.69, 9.17) is 14.5 Å². The third kappa shape index (κ3) is 10.3. The lowest BCUT2D eigenvalue weighted by Crippen LogP contribution is -2.39. The molecule has 7 aromatic rings. The van der Waals surface area contributed by atoms with E-state index in [0.29, 0.717) is 82.3 Å². The predicted molar refractivity (Wildman–Crippen MR) is 280 cm³/mol. The Balaban J connectivity index is 0.711. The molecule has 2 fully saturated rings. The van der Waals surface area contributed by atoms with Crippen LogP contribution < -0.4 is 30.3 Å². The molecule has 2 saturated heterocycles. The van der Waals surface area contributed by atoms with Crippen LogP contribution in [0.1, 0.15) is 94.6 Å². The SMILES string of the molecule is COc1c(NC(=O)CN2CCC(CCC(C)Oc3ccc(-c4ccc(N5CCc6cccc(C(=O)Nc7nc8ccccc8s7)c6C5)nc4C(=O)O)c(C)c3)CC2)ccc2c(C3CCC(=O)NC3=O)nn(C)c12. The van der Waals surface area contributed by atoms with Crippen molar-refractivity contribution in [3.05, 3.63) is 119 Å². The number of carbonyl (C=O) groups excluding carboxylic acids is 4. The van der Waals surface area contributed by atoms with Gasteiger partial charge in [-0.15, -0.1) is 0 Å². The third-order valence-electron chi connectivity index (χ3n) is 14.4. The van der Waals surface area contributed by atoms with E-state index < -0.39 is 11.9 Å². The molecule has 3 aromatic heterocycles. The number of pyridine rings is 1. The minimum Gasteiger partial charge on any atom is -0.492 e. The van der Waals surface area contributed by atoms with Gasteiger partial charge in [-0.3, -0.25) is 39.4 Å². The van der Waals surface area contributed by atoms with Crippen molar-refractivity contribution >= 4 is 78.7 Å². The van der Waals surface area contributed by atoms with Crippen molar-refractivity contribution in [2.75, 3.05) is 48.8 Å². The second kappa shape index (κ2) is 20.8. The average molecular weight is 1000 g/mol. The van der Waals surface area contributed by atoms with Crippen molar-refractivity contribution in [2.45, 2.75) is 77.4 Å². The number of likely N-dealkylation sites (tertiary alicyclic amines) is 1. The molecule has 376 valence electrons. The van der Waals surface area contributed by atoms with Crippen LogP contribution in [-0.2, 0) is 34.4 Å². The van der Waals surface area contributed by atoms with Gasteiger partial charge >= 0.3 is 5.97 Å². The number of piperidine rings is 2. The van der Waals surface area contributed by atoms with Crippen LogP contribution in [0.5, 0.6) is 11.5 Å². The second-order valence-electron chi connectivity index (χ2n) is 19.2. The number of aryl methyl sites for hydroxylation is 2. The quantitative estimate of drug-likeness (QED) is 0.0711. The number of para-hydroxylation sites is 1. The normalized spacial score (nSPS) is 16.8. The summed E-state index contributed by atoms with van der Waals surface area (Å²) in [5, 5.41) is 24.8. The molecule has 2 unspecified atom stereocenters. The molecule has 10 rings (SSSR count). The number of anilines is 3. The van der Waals surface area contributed by atoms with Crippen molar-refractivity contribution in [3.8, 4) is 22.6 Å². The van der Waals surface area contributed by atoms with Gasteiger partial charge in [-0.25, -0.2) is 14.8 Å². The second-order valence-corrected chi connectivity index (χ2v) is 20.3. The number of methoxy groups -OCH3 is 1. The predicted octanol–water partition coefficient (Wildman–Crippen LogP) is 8.49. The topological polar surface area (TPSA) is 210 Å². The molecule has 18 heteroatoms. The molecule has 0 spiro atoms. The highest BCUT2D eigenvalue weighted by atomic mass is 32.1. The van der Waals surface area contributed by atoms with E-state index in [9.17, 15) is 29.1 Å². The number of nitrogens with zero attached hydrogens (tertiary/aromatic N) is 6. The maximum Gasteiger partial charge on any atom is 0.355 e. The molecule has 17 nitrogen and oxygen atoms in total. The molecule has 73 heavy (non-hydrogen) atoms. The minimum absolute atomic E-state index is 0.0479. The van der Waals surface area contributed by atoms with Gasteiger partial charge in [-0.2, -0.15) is 5.10 Å². The van der Waals surface area contributed by atoms with Crippen LogP contribution in [-0.4, -0.2) is 98.7 Å². The van der Waals surface area contributed by atoms with Crippen LogP contribution in [0, 0.1) is 12.8 Å². The molecule has 3 aliphatic heterocycles. The largest absolute Gasteiger partial charge is 0.492 e. The molecule has 6 heterocycles. The number of benzene rings is 4. The summed E-state index contributed by atoms with van der Waals surface area (Å²) in [4.78, 5) is 77.6. The highest BCUT2D eigenvalue weighted by Gasteiger charge is 2.33. The van der Waals surface area contributed by atoms with E-state index in [-0.39, 0.29) is 48.4 Å². The summed E-state index contributed by atoms with van der Waals surface area (Å²) in [5.41, 5.74) is 7.16. The molecule has 2 atom stereocenters. The number of aromatic nitrogens is 4. The number of amides is 4. The molecule has 0 radical (unpaired) electrons. The number of thiazole rings is 1. The maximum atomic E-state index is 13.6. The van der Waals surface area contributed by atoms with E-state index in [1.165, 1.54) is 18.4 Å². The van der Waals surface area contributed by atoms with Gasteiger partial charge in [-0.05, 0) is 148 Å². The average Bonchev–Trinajstić information content (AvgIpc) is 3.95. The van der Waals surface area contributed by atoms with E-state index >= 15 is 0 Å². The molecule has 4 amide bonds. The molecule has 3 aliphatic rings. The van der Waals surface area contributed by atoms with Gasteiger partial charge in [0.2, 0.25) is 17.7 Å². The molecule has 0 bridgehead atoms. The fourth-order valence-corrected chi connectivity index (χ4v) is 11.4. The molecular weight excluding hydrogens is 947 g/mol. The van der Waals surface area contributed by atoms with Crippen molar-refractivity contribution in [1.29, 1.82) is 0 Å². The first-order valence-electron chi connectivity index (χ1n) is 24.7. The van der Waals surface area contributed by atoms with E-state index in [1.54, 1.807) is 17.8 Å². The number of fused-ring (bicyclic) bond motifs is 3. The zero-order valence-corrected chi connectivity index (χ0v) is 42.0. The first-order chi connectivity index (χ1) is 35.3. The number of rotatable bonds is 15. The zero-order chi connectivity index (χ0) is 50.9. The number of carbonyl (C=O) groups is 5. The van der Waals surface area contributed by atoms with Gasteiger partial charge in [0.25, 0.3) is 5.91 Å². The summed E-state index contributed by atoms with van der Waals surface area (Å²) >= 11 is 1.43. The van der Waals surface area contributed by atoms with Crippen LogP contribution in [0.15, 0.2) is 84.9 Å². The summed E-state index contributed by atoms with van der Waals surface area (Å²) in [6.45, 7) is 6.87. The number of carboxylic acids is 1. The molecule has 0 saturated carbocycles. The van der Waals surface area contributed by atoms with Crippen molar-refractivity contribution in [1.82, 2.24) is 30.0 Å². The lowest BCUT2D eigenvalue weighted by Gasteiger charge is -2.32. The summed E-state index contributed by atoms with van der Waals surface area (Å²) in [5.74, 6) is -0.527. The lowest BCUT2D eigenvalue weighted by atomic mass is 9.91. The monoisotopic (exact) mass is 1000 g/mol. The number of nitrogens with one attached hydrogen (secondary N) is 3. The van der Waals surface area contributed by atoms with E-state index in [0.717, 1.165) is 76.6 Å². The summed E-state index contributed by atoms with van der Waals surface area (Å²) in [7, 11) is 3.31. The first-order valence-corrected chi connectivity index (χ1v) is 25.6. The first kappa shape index (κ1) is 48.9. The number of imide groups is 1. The van der Waals surface area contributed by atoms with Gasteiger partial charge in [0.15, 0.2) is 16.6 Å². The van der Waals surface area contributed by atoms with Crippen molar-refractivity contribution in [2.24, 2.45) is 13.0 Å². The smallest absolute Gasteiger partial charge is 0.355 e. The van der Waals surface area contributed by atoms with Gasteiger partial charge in [0.05, 0.1) is 47.3 Å². The Morgan fingerprint density at radius 3 is 2.49 bits per heavy atom. The summed E-state index contributed by atoms with van der Waals surface area (Å²) in [6, 6.07) is 26.5. The van der Waals surface area contributed by atoms with Gasteiger partial charge in [0.1, 0.15) is 17.1 Å². The van der Waals surface area contributed by atoms with Gasteiger partial charge in [0, 0.05) is 43.1 Å². The van der Waals surface area contributed by atoms with Crippen LogP contribution in [0.3, 0.4) is 0 Å². The molecule has 0 aliphatic carbocycles. The Hall–Kier alpha value is -7.70. The molecule has 4 aromatic carbocycles. The van der Waals surface area contributed by atoms with Crippen LogP contribution >= 0.6 is 11.3 Å². The number of carboxylic acid groups (broad SMARTS) is 1. The highest BCUT2D eigenvalue weighted by molar-refractivity contribution is 7.22. The zero-order valence-electron chi connectivity index (χ0n) is 41.2. The number of hydrogen-bond donors (Lipinski definition) is 4. The number of aromatic carboxylic acids is 1. The standard InChI is InChI=1S/C55H57N9O8S/c1-31-28-35(72-32(2)12-13-33-22-25-63(26-23-33)30-47(66)56-43-19-16-39-48(40-18-21-46(65)59-53(40)68)61-62(3)50(39)51(43)71-4)14-15-36(31)37-17-20-45(58-49(37)54(69)70)64-27-24-34-8-7-9-38(41(34)29-64)52(67)60-55-57-42-10-5-6-11-44(42)73-55/h5-11,14-17,19-20,28,32-33,40H,12-13,18,21-27,29-30H2,1-4H3,(H,56,66)(H,69,70)(H,57,60,67)(H,59,65,68). The maximum absolute atomic E-state index is 13.6. The van der Waals surface area contributed by atoms with Gasteiger partial charge < -0.3 is 24.8 Å². The van der Waals surface area contributed by atoms with Crippen molar-refractivity contribution < 1.29 is 38.6 Å². The Morgan fingerprint density at radius 2 is 1.73 bits per heavy atom. The van der Waals surface area contributed by atoms with E-state index in [1.807, 2.05) is 90.7 Å². The number of hydrogen-bond acceptors (Lipinski definition) is 13. The van der Waals surface area contributed by atoms with Crippen LogP contribution in [0.25, 0.3) is 32.2 Å². The van der Waals surface area contributed by atoms with Crippen LogP contribution in [0.4, 0.5) is 16.6 Å². The fourth-order valence-electron chi connectivity index (χ4n) is 10.6. The summed E-state index contributed by atoms with van der Waals surface area (Å²) in [6.07, 6.45) is 5.03.